The minimum absolute atomic E-state index is 0.217. The minimum Gasteiger partial charge on any atom is -0.454 e. The quantitative estimate of drug-likeness (QED) is 0.317. The van der Waals surface area contributed by atoms with Crippen LogP contribution in [0.15, 0.2) is 66.7 Å². The second kappa shape index (κ2) is 8.75. The van der Waals surface area contributed by atoms with Crippen molar-refractivity contribution in [3.63, 3.8) is 0 Å². The lowest BCUT2D eigenvalue weighted by Crippen LogP contribution is -2.37. The SMILES string of the molecule is CC(C)N1CCc2nc3ccccc3c(C(=O)OCC(=O)c3ccc4ccccc4c3)c2C1. The predicted molar refractivity (Wildman–Crippen MR) is 130 cm³/mol. The summed E-state index contributed by atoms with van der Waals surface area (Å²) in [4.78, 5) is 33.3. The summed E-state index contributed by atoms with van der Waals surface area (Å²) < 4.78 is 5.59. The molecule has 0 spiro atoms. The zero-order valence-electron chi connectivity index (χ0n) is 18.9. The lowest BCUT2D eigenvalue weighted by molar-refractivity contribution is 0.0473. The Balaban J connectivity index is 1.44. The molecule has 1 aromatic heterocycles. The van der Waals surface area contributed by atoms with Crippen molar-refractivity contribution in [1.82, 2.24) is 9.88 Å². The van der Waals surface area contributed by atoms with E-state index in [1.54, 1.807) is 6.07 Å². The molecule has 33 heavy (non-hydrogen) atoms. The van der Waals surface area contributed by atoms with E-state index >= 15 is 0 Å². The van der Waals surface area contributed by atoms with E-state index in [4.69, 9.17) is 9.72 Å². The average molecular weight is 439 g/mol. The number of nitrogens with zero attached hydrogens (tertiary/aromatic N) is 2. The molecule has 0 fully saturated rings. The lowest BCUT2D eigenvalue weighted by atomic mass is 9.95. The summed E-state index contributed by atoms with van der Waals surface area (Å²) in [5.41, 5.74) is 3.71. The molecular formula is C28H26N2O3. The fourth-order valence-electron chi connectivity index (χ4n) is 4.53. The smallest absolute Gasteiger partial charge is 0.339 e. The van der Waals surface area contributed by atoms with Crippen LogP contribution in [-0.4, -0.2) is 40.8 Å². The number of fused-ring (bicyclic) bond motifs is 3. The summed E-state index contributed by atoms with van der Waals surface area (Å²) >= 11 is 0. The molecule has 5 nitrogen and oxygen atoms in total. The van der Waals surface area contributed by atoms with Gasteiger partial charge in [0.25, 0.3) is 0 Å². The van der Waals surface area contributed by atoms with Crippen molar-refractivity contribution in [1.29, 1.82) is 0 Å². The first-order valence-corrected chi connectivity index (χ1v) is 11.3. The number of esters is 1. The molecule has 1 aliphatic heterocycles. The minimum atomic E-state index is -0.468. The van der Waals surface area contributed by atoms with Gasteiger partial charge in [-0.2, -0.15) is 0 Å². The highest BCUT2D eigenvalue weighted by Gasteiger charge is 2.28. The summed E-state index contributed by atoms with van der Waals surface area (Å²) in [6, 6.07) is 21.4. The highest BCUT2D eigenvalue weighted by molar-refractivity contribution is 6.07. The van der Waals surface area contributed by atoms with Gasteiger partial charge in [0.05, 0.1) is 11.1 Å². The van der Waals surface area contributed by atoms with Gasteiger partial charge in [0, 0.05) is 47.8 Å². The largest absolute Gasteiger partial charge is 0.454 e. The Morgan fingerprint density at radius 3 is 2.58 bits per heavy atom. The number of aromatic nitrogens is 1. The van der Waals surface area contributed by atoms with Crippen molar-refractivity contribution in [2.75, 3.05) is 13.2 Å². The lowest BCUT2D eigenvalue weighted by Gasteiger charge is -2.32. The highest BCUT2D eigenvalue weighted by atomic mass is 16.5. The maximum Gasteiger partial charge on any atom is 0.339 e. The molecule has 0 saturated heterocycles. The van der Waals surface area contributed by atoms with Gasteiger partial charge in [-0.1, -0.05) is 54.6 Å². The molecule has 0 aliphatic carbocycles. The van der Waals surface area contributed by atoms with E-state index in [1.165, 1.54) is 0 Å². The molecule has 0 N–H and O–H groups in total. The van der Waals surface area contributed by atoms with Crippen LogP contribution in [0.5, 0.6) is 0 Å². The maximum atomic E-state index is 13.3. The number of carbonyl (C=O) groups is 2. The molecular weight excluding hydrogens is 412 g/mol. The van der Waals surface area contributed by atoms with Gasteiger partial charge < -0.3 is 4.74 Å². The van der Waals surface area contributed by atoms with E-state index in [-0.39, 0.29) is 12.4 Å². The van der Waals surface area contributed by atoms with Crippen molar-refractivity contribution < 1.29 is 14.3 Å². The molecule has 5 heteroatoms. The van der Waals surface area contributed by atoms with Crippen LogP contribution in [0.3, 0.4) is 0 Å². The van der Waals surface area contributed by atoms with E-state index < -0.39 is 5.97 Å². The Bertz CT molecular complexity index is 1380. The van der Waals surface area contributed by atoms with E-state index in [0.29, 0.717) is 23.7 Å². The average Bonchev–Trinajstić information content (AvgIpc) is 2.84. The second-order valence-electron chi connectivity index (χ2n) is 8.80. The van der Waals surface area contributed by atoms with Gasteiger partial charge in [0.1, 0.15) is 0 Å². The molecule has 1 aliphatic rings. The van der Waals surface area contributed by atoms with Crippen molar-refractivity contribution in [3.8, 4) is 0 Å². The Morgan fingerprint density at radius 1 is 1.00 bits per heavy atom. The number of carbonyl (C=O) groups excluding carboxylic acids is 2. The van der Waals surface area contributed by atoms with Crippen LogP contribution >= 0.6 is 0 Å². The predicted octanol–water partition coefficient (Wildman–Crippen LogP) is 5.19. The van der Waals surface area contributed by atoms with Crippen molar-refractivity contribution in [3.05, 3.63) is 89.1 Å². The molecule has 3 aromatic carbocycles. The van der Waals surface area contributed by atoms with Crippen LogP contribution in [0.25, 0.3) is 21.7 Å². The number of para-hydroxylation sites is 1. The first kappa shape index (κ1) is 21.3. The number of hydrogen-bond donors (Lipinski definition) is 0. The topological polar surface area (TPSA) is 59.5 Å². The molecule has 0 atom stereocenters. The third-order valence-corrected chi connectivity index (χ3v) is 6.42. The fraction of sp³-hybridized carbons (Fsp3) is 0.250. The van der Waals surface area contributed by atoms with Crippen LogP contribution in [0.1, 0.15) is 45.8 Å². The highest BCUT2D eigenvalue weighted by Crippen LogP contribution is 2.29. The Morgan fingerprint density at radius 2 is 1.76 bits per heavy atom. The molecule has 4 aromatic rings. The van der Waals surface area contributed by atoms with Gasteiger partial charge in [-0.3, -0.25) is 14.7 Å². The number of pyridine rings is 1. The fourth-order valence-corrected chi connectivity index (χ4v) is 4.53. The number of ketones is 1. The number of ether oxygens (including phenoxy) is 1. The summed E-state index contributed by atoms with van der Waals surface area (Å²) in [5.74, 6) is -0.685. The molecule has 0 amide bonds. The monoisotopic (exact) mass is 438 g/mol. The number of benzene rings is 3. The van der Waals surface area contributed by atoms with Crippen molar-refractivity contribution in [2.24, 2.45) is 0 Å². The Kier molecular flexibility index (Phi) is 5.65. The summed E-state index contributed by atoms with van der Waals surface area (Å²) in [6.07, 6.45) is 0.786. The van der Waals surface area contributed by atoms with Crippen LogP contribution in [-0.2, 0) is 17.7 Å². The Labute approximate surface area is 193 Å². The standard InChI is InChI=1S/C28H26N2O3/c1-18(2)30-14-13-25-23(16-30)27(22-9-5-6-10-24(22)29-25)28(32)33-17-26(31)21-12-11-19-7-3-4-8-20(19)15-21/h3-12,15,18H,13-14,16-17H2,1-2H3. The summed E-state index contributed by atoms with van der Waals surface area (Å²) in [5, 5.41) is 2.82. The second-order valence-corrected chi connectivity index (χ2v) is 8.80. The summed E-state index contributed by atoms with van der Waals surface area (Å²) in [7, 11) is 0. The van der Waals surface area contributed by atoms with Crippen LogP contribution < -0.4 is 0 Å². The van der Waals surface area contributed by atoms with Crippen molar-refractivity contribution in [2.45, 2.75) is 32.9 Å². The molecule has 0 radical (unpaired) electrons. The third-order valence-electron chi connectivity index (χ3n) is 6.42. The number of rotatable bonds is 5. The molecule has 0 unspecified atom stereocenters. The summed E-state index contributed by atoms with van der Waals surface area (Å²) in [6.45, 7) is 5.56. The first-order chi connectivity index (χ1) is 16.0. The zero-order chi connectivity index (χ0) is 22.9. The number of hydrogen-bond acceptors (Lipinski definition) is 5. The van der Waals surface area contributed by atoms with Gasteiger partial charge in [-0.05, 0) is 36.8 Å². The van der Waals surface area contributed by atoms with Gasteiger partial charge in [0.15, 0.2) is 12.4 Å². The van der Waals surface area contributed by atoms with Crippen LogP contribution in [0, 0.1) is 0 Å². The first-order valence-electron chi connectivity index (χ1n) is 11.3. The van der Waals surface area contributed by atoms with Crippen LogP contribution in [0.4, 0.5) is 0 Å². The van der Waals surface area contributed by atoms with E-state index in [1.807, 2.05) is 60.7 Å². The molecule has 0 bridgehead atoms. The van der Waals surface area contributed by atoms with E-state index in [0.717, 1.165) is 45.9 Å². The molecule has 0 saturated carbocycles. The van der Waals surface area contributed by atoms with Gasteiger partial charge in [-0.15, -0.1) is 0 Å². The molecule has 166 valence electrons. The van der Waals surface area contributed by atoms with Gasteiger partial charge in [0.2, 0.25) is 0 Å². The van der Waals surface area contributed by atoms with E-state index in [2.05, 4.69) is 18.7 Å². The zero-order valence-corrected chi connectivity index (χ0v) is 18.9. The van der Waals surface area contributed by atoms with Crippen molar-refractivity contribution >= 4 is 33.4 Å². The van der Waals surface area contributed by atoms with Crippen LogP contribution in [0.2, 0.25) is 0 Å². The van der Waals surface area contributed by atoms with E-state index in [9.17, 15) is 9.59 Å². The van der Waals surface area contributed by atoms with Gasteiger partial charge >= 0.3 is 5.97 Å². The number of Topliss-reactive ketones (excluding diaryl/α,β-unsaturated/α-hetero) is 1. The normalized spacial score (nSPS) is 13.9. The molecule has 5 rings (SSSR count). The molecule has 2 heterocycles. The van der Waals surface area contributed by atoms with Gasteiger partial charge in [-0.25, -0.2) is 4.79 Å². The third kappa shape index (κ3) is 4.12. The Hall–Kier alpha value is -3.57. The maximum absolute atomic E-state index is 13.3.